The third kappa shape index (κ3) is 7.90. The van der Waals surface area contributed by atoms with Crippen molar-refractivity contribution in [1.29, 1.82) is 0 Å². The van der Waals surface area contributed by atoms with Gasteiger partial charge in [-0.25, -0.2) is 22.2 Å². The highest BCUT2D eigenvalue weighted by atomic mass is 32.2. The number of benzene rings is 2. The van der Waals surface area contributed by atoms with Crippen LogP contribution in [0, 0.1) is 35.3 Å². The standard InChI is InChI=1S/C40H36F7N7O4S/c1-20(2)38(3,56)14-13-24-9-10-25(26-7-6-8-28-34(26)53(4)51-37(28)52-59(5,57)58)33(48-24)30(17-21-15-22(41)18-23(42)16-21)49-31(55)19-54-36-32(35(50-54)40(45,46)47)27-11-12-29(27)39(36,43)44/h6-12,15-16,18,20,27,29-30,56H,17,19H2,1-5H3,(H,49,55)(H,51,52)/t27-,29+,30-,38?/m0/s1. The fraction of sp³-hybridized carbons (Fsp3) is 0.350. The molecule has 11 nitrogen and oxygen atoms in total. The van der Waals surface area contributed by atoms with Crippen LogP contribution < -0.4 is 10.0 Å². The van der Waals surface area contributed by atoms with E-state index in [4.69, 9.17) is 4.98 Å². The van der Waals surface area contributed by atoms with E-state index in [2.05, 4.69) is 32.1 Å². The number of rotatable bonds is 10. The lowest BCUT2D eigenvalue weighted by molar-refractivity contribution is -0.142. The molecule has 3 heterocycles. The second-order valence-corrected chi connectivity index (χ2v) is 16.9. The molecule has 5 aromatic rings. The van der Waals surface area contributed by atoms with Crippen LogP contribution in [-0.2, 0) is 46.9 Å². The number of hydrogen-bond acceptors (Lipinski definition) is 7. The minimum atomic E-state index is -5.12. The lowest BCUT2D eigenvalue weighted by Gasteiger charge is -2.27. The highest BCUT2D eigenvalue weighted by Gasteiger charge is 2.61. The molecule has 1 amide bonds. The largest absolute Gasteiger partial charge is 0.435 e. The Morgan fingerprint density at radius 3 is 2.34 bits per heavy atom. The zero-order valence-corrected chi connectivity index (χ0v) is 32.8. The molecule has 59 heavy (non-hydrogen) atoms. The third-order valence-electron chi connectivity index (χ3n) is 10.5. The van der Waals surface area contributed by atoms with Gasteiger partial charge in [-0.3, -0.25) is 18.9 Å². The Morgan fingerprint density at radius 1 is 1.03 bits per heavy atom. The van der Waals surface area contributed by atoms with Gasteiger partial charge in [0.25, 0.3) is 5.92 Å². The van der Waals surface area contributed by atoms with E-state index < -0.39 is 93.1 Å². The Bertz CT molecular complexity index is 2710. The van der Waals surface area contributed by atoms with Crippen LogP contribution in [0.5, 0.6) is 0 Å². The van der Waals surface area contributed by atoms with Gasteiger partial charge in [0.2, 0.25) is 15.9 Å². The second-order valence-electron chi connectivity index (χ2n) is 15.2. The highest BCUT2D eigenvalue weighted by Crippen LogP contribution is 2.60. The van der Waals surface area contributed by atoms with Gasteiger partial charge < -0.3 is 10.4 Å². The summed E-state index contributed by atoms with van der Waals surface area (Å²) in [5.41, 5.74) is -3.68. The molecule has 0 radical (unpaired) electrons. The van der Waals surface area contributed by atoms with Crippen molar-refractivity contribution in [3.8, 4) is 23.0 Å². The third-order valence-corrected chi connectivity index (χ3v) is 11.1. The first kappa shape index (κ1) is 41.4. The number of aryl methyl sites for hydroxylation is 1. The van der Waals surface area contributed by atoms with E-state index in [1.807, 2.05) is 0 Å². The van der Waals surface area contributed by atoms with Gasteiger partial charge in [-0.1, -0.05) is 44.1 Å². The topological polar surface area (TPSA) is 144 Å². The Labute approximate surface area is 333 Å². The van der Waals surface area contributed by atoms with Crippen molar-refractivity contribution < 1.29 is 49.1 Å². The van der Waals surface area contributed by atoms with Crippen molar-refractivity contribution >= 4 is 32.7 Å². The molecular weight excluding hydrogens is 808 g/mol. The number of nitrogens with zero attached hydrogens (tertiary/aromatic N) is 5. The molecule has 1 unspecified atom stereocenters. The summed E-state index contributed by atoms with van der Waals surface area (Å²) >= 11 is 0. The second kappa shape index (κ2) is 14.5. The number of aromatic nitrogens is 5. The van der Waals surface area contributed by atoms with E-state index in [-0.39, 0.29) is 34.3 Å². The van der Waals surface area contributed by atoms with Crippen LogP contribution in [0.15, 0.2) is 60.7 Å². The first-order chi connectivity index (χ1) is 27.4. The number of pyridine rings is 1. The Hall–Kier alpha value is -5.74. The number of alkyl halides is 5. The predicted octanol–water partition coefficient (Wildman–Crippen LogP) is 6.73. The molecule has 2 aliphatic carbocycles. The minimum absolute atomic E-state index is 0.000388. The first-order valence-corrected chi connectivity index (χ1v) is 20.0. The van der Waals surface area contributed by atoms with Gasteiger partial charge in [0.15, 0.2) is 11.5 Å². The highest BCUT2D eigenvalue weighted by molar-refractivity contribution is 7.92. The lowest BCUT2D eigenvalue weighted by Crippen LogP contribution is -2.36. The summed E-state index contributed by atoms with van der Waals surface area (Å²) in [4.78, 5) is 18.7. The van der Waals surface area contributed by atoms with E-state index >= 15 is 8.78 Å². The number of anilines is 1. The number of nitrogens with one attached hydrogen (secondary N) is 2. The monoisotopic (exact) mass is 843 g/mol. The number of allylic oxidation sites excluding steroid dienone is 2. The molecule has 2 aliphatic rings. The predicted molar refractivity (Wildman–Crippen MR) is 202 cm³/mol. The van der Waals surface area contributed by atoms with Gasteiger partial charge in [0.05, 0.1) is 29.4 Å². The number of hydrogen-bond donors (Lipinski definition) is 3. The van der Waals surface area contributed by atoms with Gasteiger partial charge in [0.1, 0.15) is 35.2 Å². The SMILES string of the molecule is CC(C)C(C)(O)C#Cc1ccc(-c2cccc3c(NS(C)(=O)=O)nn(C)c23)c([C@H](Cc2cc(F)cc(F)c2)NC(=O)Cn2nc(C(F)(F)F)c3c2C(F)(F)[C@@H]2C=C[C@H]32)n1. The van der Waals surface area contributed by atoms with Crippen molar-refractivity contribution in [3.63, 3.8) is 0 Å². The molecule has 0 spiro atoms. The van der Waals surface area contributed by atoms with Gasteiger partial charge in [-0.15, -0.1) is 0 Å². The summed E-state index contributed by atoms with van der Waals surface area (Å²) in [5, 5.41) is 21.6. The summed E-state index contributed by atoms with van der Waals surface area (Å²) in [5.74, 6) is -4.35. The van der Waals surface area contributed by atoms with Gasteiger partial charge in [-0.05, 0) is 61.1 Å². The minimum Gasteiger partial charge on any atom is -0.378 e. The van der Waals surface area contributed by atoms with Crippen LogP contribution in [0.3, 0.4) is 0 Å². The number of aliphatic hydroxyl groups is 1. The van der Waals surface area contributed by atoms with Crippen LogP contribution in [0.4, 0.5) is 36.6 Å². The van der Waals surface area contributed by atoms with Crippen molar-refractivity contribution in [2.75, 3.05) is 11.0 Å². The molecule has 2 aromatic carbocycles. The molecule has 19 heteroatoms. The normalized spacial score (nSPS) is 18.4. The smallest absolute Gasteiger partial charge is 0.378 e. The molecule has 3 aromatic heterocycles. The van der Waals surface area contributed by atoms with Gasteiger partial charge >= 0.3 is 6.18 Å². The lowest BCUT2D eigenvalue weighted by atomic mass is 9.81. The zero-order chi connectivity index (χ0) is 43.0. The van der Waals surface area contributed by atoms with Gasteiger partial charge in [0, 0.05) is 41.1 Å². The molecule has 3 N–H and O–H groups in total. The Morgan fingerprint density at radius 2 is 1.73 bits per heavy atom. The number of halogens is 7. The zero-order valence-electron chi connectivity index (χ0n) is 32.0. The van der Waals surface area contributed by atoms with Crippen LogP contribution in [0.25, 0.3) is 22.0 Å². The summed E-state index contributed by atoms with van der Waals surface area (Å²) in [6.07, 6.45) is -2.22. The summed E-state index contributed by atoms with van der Waals surface area (Å²) < 4.78 is 131. The number of carbonyl (C=O) groups excluding carboxylic acids is 1. The Kier molecular flexibility index (Phi) is 10.2. The maximum absolute atomic E-state index is 15.6. The maximum Gasteiger partial charge on any atom is 0.435 e. The van der Waals surface area contributed by atoms with Gasteiger partial charge in [-0.2, -0.15) is 32.1 Å². The molecule has 7 rings (SSSR count). The van der Waals surface area contributed by atoms with Crippen molar-refractivity contribution in [1.82, 2.24) is 29.9 Å². The van der Waals surface area contributed by atoms with E-state index in [0.717, 1.165) is 24.5 Å². The molecular formula is C40H36F7N7O4S. The fourth-order valence-electron chi connectivity index (χ4n) is 7.32. The average Bonchev–Trinajstić information content (AvgIpc) is 3.67. The number of amides is 1. The Balaban J connectivity index is 1.39. The van der Waals surface area contributed by atoms with Crippen molar-refractivity contribution in [2.24, 2.45) is 18.9 Å². The molecule has 310 valence electrons. The summed E-state index contributed by atoms with van der Waals surface area (Å²) in [6, 6.07) is 9.14. The van der Waals surface area contributed by atoms with E-state index in [0.29, 0.717) is 27.2 Å². The van der Waals surface area contributed by atoms with Crippen LogP contribution in [-0.4, -0.2) is 55.8 Å². The van der Waals surface area contributed by atoms with Crippen LogP contribution in [0.2, 0.25) is 0 Å². The summed E-state index contributed by atoms with van der Waals surface area (Å²) in [7, 11) is -2.24. The average molecular weight is 844 g/mol. The number of carbonyl (C=O) groups is 1. The number of sulfonamides is 1. The van der Waals surface area contributed by atoms with E-state index in [1.54, 1.807) is 45.2 Å². The number of para-hydroxylation sites is 1. The maximum atomic E-state index is 15.6. The number of fused-ring (bicyclic) bond motifs is 4. The quantitative estimate of drug-likeness (QED) is 0.0804. The molecule has 0 saturated carbocycles. The molecule has 0 bridgehead atoms. The summed E-state index contributed by atoms with van der Waals surface area (Å²) in [6.45, 7) is 3.87. The first-order valence-electron chi connectivity index (χ1n) is 18.1. The van der Waals surface area contributed by atoms with E-state index in [1.165, 1.54) is 23.7 Å². The fourth-order valence-corrected chi connectivity index (χ4v) is 7.82. The van der Waals surface area contributed by atoms with Crippen LogP contribution >= 0.6 is 0 Å². The van der Waals surface area contributed by atoms with Crippen molar-refractivity contribution in [3.05, 3.63) is 106 Å². The van der Waals surface area contributed by atoms with E-state index in [9.17, 15) is 40.3 Å². The molecule has 0 fully saturated rings. The molecule has 0 aliphatic heterocycles. The molecule has 4 atom stereocenters. The molecule has 0 saturated heterocycles. The van der Waals surface area contributed by atoms with Crippen molar-refractivity contribution in [2.45, 2.75) is 63.4 Å². The van der Waals surface area contributed by atoms with Crippen LogP contribution in [0.1, 0.15) is 66.6 Å².